The van der Waals surface area contributed by atoms with E-state index in [4.69, 9.17) is 4.74 Å². The van der Waals surface area contributed by atoms with Gasteiger partial charge in [0.05, 0.1) is 6.04 Å². The van der Waals surface area contributed by atoms with E-state index in [0.29, 0.717) is 49.3 Å². The zero-order valence-corrected chi connectivity index (χ0v) is 22.6. The first-order chi connectivity index (χ1) is 18.3. The van der Waals surface area contributed by atoms with Crippen molar-refractivity contribution in [1.82, 2.24) is 20.0 Å². The Labute approximate surface area is 224 Å². The van der Waals surface area contributed by atoms with E-state index in [-0.39, 0.29) is 30.2 Å². The second-order valence-electron chi connectivity index (χ2n) is 11.5. The summed E-state index contributed by atoms with van der Waals surface area (Å²) in [4.78, 5) is 56.1. The molecular formula is C29H40N4O5. The highest BCUT2D eigenvalue weighted by atomic mass is 16.5. The topological polar surface area (TPSA) is 99.3 Å². The van der Waals surface area contributed by atoms with Gasteiger partial charge in [-0.25, -0.2) is 0 Å². The third-order valence-electron chi connectivity index (χ3n) is 8.73. The number of nitrogens with zero attached hydrogens (tertiary/aromatic N) is 3. The number of likely N-dealkylation sites (tertiary alicyclic amines) is 2. The van der Waals surface area contributed by atoms with E-state index in [2.05, 4.69) is 24.1 Å². The number of nitrogens with one attached hydrogen (secondary N) is 1. The Morgan fingerprint density at radius 3 is 2.58 bits per heavy atom. The van der Waals surface area contributed by atoms with Crippen molar-refractivity contribution in [3.05, 3.63) is 29.3 Å². The molecule has 4 amide bonds. The lowest BCUT2D eigenvalue weighted by Gasteiger charge is -2.38. The molecule has 0 saturated carbocycles. The summed E-state index contributed by atoms with van der Waals surface area (Å²) in [6.07, 6.45) is 6.43. The van der Waals surface area contributed by atoms with Gasteiger partial charge in [-0.05, 0) is 95.1 Å². The van der Waals surface area contributed by atoms with Crippen LogP contribution in [-0.4, -0.2) is 82.7 Å². The highest BCUT2D eigenvalue weighted by Crippen LogP contribution is 2.31. The first-order valence-corrected chi connectivity index (χ1v) is 14.2. The lowest BCUT2D eigenvalue weighted by atomic mass is 9.91. The molecule has 2 atom stereocenters. The standard InChI is InChI=1S/C29H40N4O5/c1-19(2)31-13-10-20(11-14-31)15-27(35)32-12-4-3-5-22(32)18-38-23-6-7-24-21(16-23)17-33(29(24)37)25-8-9-26(34)30-28(25)36/h6-7,16,19-20,22,25H,3-5,8-15,17-18H2,1-2H3,(H,30,34,36)/t22-,25?/m0/s1. The van der Waals surface area contributed by atoms with Gasteiger partial charge in [0.1, 0.15) is 18.4 Å². The van der Waals surface area contributed by atoms with E-state index in [1.165, 1.54) is 0 Å². The van der Waals surface area contributed by atoms with Crippen molar-refractivity contribution >= 4 is 23.6 Å². The van der Waals surface area contributed by atoms with E-state index in [1.807, 2.05) is 11.0 Å². The maximum Gasteiger partial charge on any atom is 0.255 e. The molecule has 1 aromatic rings. The molecule has 9 heteroatoms. The van der Waals surface area contributed by atoms with Gasteiger partial charge in [-0.2, -0.15) is 0 Å². The van der Waals surface area contributed by atoms with E-state index in [1.54, 1.807) is 17.0 Å². The molecule has 38 heavy (non-hydrogen) atoms. The lowest BCUT2D eigenvalue weighted by molar-refractivity contribution is -0.138. The van der Waals surface area contributed by atoms with Gasteiger partial charge in [0.25, 0.3) is 5.91 Å². The normalized spacial score (nSPS) is 25.1. The molecule has 3 saturated heterocycles. The summed E-state index contributed by atoms with van der Waals surface area (Å²) in [5.41, 5.74) is 1.39. The summed E-state index contributed by atoms with van der Waals surface area (Å²) < 4.78 is 6.18. The Kier molecular flexibility index (Phi) is 8.02. The molecule has 1 unspecified atom stereocenters. The van der Waals surface area contributed by atoms with Gasteiger partial charge in [0.2, 0.25) is 17.7 Å². The van der Waals surface area contributed by atoms with Crippen LogP contribution >= 0.6 is 0 Å². The van der Waals surface area contributed by atoms with Crippen LogP contribution in [0.3, 0.4) is 0 Å². The molecule has 206 valence electrons. The van der Waals surface area contributed by atoms with Gasteiger partial charge < -0.3 is 19.4 Å². The number of carbonyl (C=O) groups is 4. The van der Waals surface area contributed by atoms with Crippen LogP contribution in [0.5, 0.6) is 5.75 Å². The van der Waals surface area contributed by atoms with E-state index in [0.717, 1.165) is 57.3 Å². The molecular weight excluding hydrogens is 484 g/mol. The Morgan fingerprint density at radius 1 is 1.05 bits per heavy atom. The molecule has 1 N–H and O–H groups in total. The maximum atomic E-state index is 13.3. The van der Waals surface area contributed by atoms with E-state index < -0.39 is 11.9 Å². The number of amides is 4. The molecule has 4 heterocycles. The fourth-order valence-electron chi connectivity index (χ4n) is 6.37. The van der Waals surface area contributed by atoms with E-state index >= 15 is 0 Å². The van der Waals surface area contributed by atoms with Crippen molar-refractivity contribution in [2.24, 2.45) is 5.92 Å². The summed E-state index contributed by atoms with van der Waals surface area (Å²) in [6.45, 7) is 8.15. The molecule has 0 aliphatic carbocycles. The van der Waals surface area contributed by atoms with Crippen LogP contribution in [0.4, 0.5) is 0 Å². The number of carbonyl (C=O) groups excluding carboxylic acids is 4. The minimum atomic E-state index is -0.628. The lowest BCUT2D eigenvalue weighted by Crippen LogP contribution is -2.52. The first kappa shape index (κ1) is 26.7. The number of piperidine rings is 3. The highest BCUT2D eigenvalue weighted by molar-refractivity contribution is 6.05. The second-order valence-corrected chi connectivity index (χ2v) is 11.5. The van der Waals surface area contributed by atoms with Gasteiger partial charge in [-0.15, -0.1) is 0 Å². The molecule has 1 aromatic carbocycles. The van der Waals surface area contributed by atoms with Gasteiger partial charge in [0, 0.05) is 37.5 Å². The summed E-state index contributed by atoms with van der Waals surface area (Å²) in [7, 11) is 0. The zero-order valence-electron chi connectivity index (χ0n) is 22.6. The minimum absolute atomic E-state index is 0.0573. The van der Waals surface area contributed by atoms with Crippen molar-refractivity contribution in [2.45, 2.75) is 89.9 Å². The molecule has 0 spiro atoms. The average Bonchev–Trinajstić information content (AvgIpc) is 3.23. The Hall–Kier alpha value is -2.94. The summed E-state index contributed by atoms with van der Waals surface area (Å²) in [5.74, 6) is 0.484. The molecule has 3 fully saturated rings. The third-order valence-corrected chi connectivity index (χ3v) is 8.73. The molecule has 0 bridgehead atoms. The molecule has 5 rings (SSSR count). The maximum absolute atomic E-state index is 13.3. The predicted octanol–water partition coefficient (Wildman–Crippen LogP) is 2.72. The molecule has 4 aliphatic rings. The van der Waals surface area contributed by atoms with Crippen LogP contribution in [0.1, 0.15) is 81.1 Å². The number of benzene rings is 1. The van der Waals surface area contributed by atoms with Gasteiger partial charge in [0.15, 0.2) is 0 Å². The summed E-state index contributed by atoms with van der Waals surface area (Å²) in [5, 5.41) is 2.34. The molecule has 9 nitrogen and oxygen atoms in total. The Morgan fingerprint density at radius 2 is 1.84 bits per heavy atom. The monoisotopic (exact) mass is 524 g/mol. The first-order valence-electron chi connectivity index (χ1n) is 14.2. The average molecular weight is 525 g/mol. The number of hydrogen-bond acceptors (Lipinski definition) is 6. The van der Waals surface area contributed by atoms with Crippen molar-refractivity contribution in [2.75, 3.05) is 26.2 Å². The van der Waals surface area contributed by atoms with Crippen LogP contribution in [-0.2, 0) is 20.9 Å². The highest BCUT2D eigenvalue weighted by Gasteiger charge is 2.39. The van der Waals surface area contributed by atoms with Crippen molar-refractivity contribution < 1.29 is 23.9 Å². The van der Waals surface area contributed by atoms with Crippen molar-refractivity contribution in [3.63, 3.8) is 0 Å². The Bertz CT molecular complexity index is 1080. The number of ether oxygens (including phenoxy) is 1. The third kappa shape index (κ3) is 5.72. The smallest absolute Gasteiger partial charge is 0.255 e. The summed E-state index contributed by atoms with van der Waals surface area (Å²) >= 11 is 0. The number of imide groups is 1. The van der Waals surface area contributed by atoms with Crippen LogP contribution in [0.25, 0.3) is 0 Å². The van der Waals surface area contributed by atoms with Gasteiger partial charge in [-0.3, -0.25) is 24.5 Å². The summed E-state index contributed by atoms with van der Waals surface area (Å²) in [6, 6.07) is 5.41. The number of fused-ring (bicyclic) bond motifs is 1. The van der Waals surface area contributed by atoms with Gasteiger partial charge >= 0.3 is 0 Å². The van der Waals surface area contributed by atoms with Gasteiger partial charge in [-0.1, -0.05) is 0 Å². The minimum Gasteiger partial charge on any atom is -0.491 e. The predicted molar refractivity (Wildman–Crippen MR) is 141 cm³/mol. The van der Waals surface area contributed by atoms with Crippen LogP contribution in [0.15, 0.2) is 18.2 Å². The zero-order chi connectivity index (χ0) is 26.8. The fourth-order valence-corrected chi connectivity index (χ4v) is 6.37. The SMILES string of the molecule is CC(C)N1CCC(CC(=O)N2CCCC[C@H]2COc2ccc3c(c2)CN(C2CCC(=O)NC2=O)C3=O)CC1. The van der Waals surface area contributed by atoms with Crippen LogP contribution < -0.4 is 10.1 Å². The number of hydrogen-bond donors (Lipinski definition) is 1. The van der Waals surface area contributed by atoms with E-state index in [9.17, 15) is 19.2 Å². The largest absolute Gasteiger partial charge is 0.491 e. The van der Waals surface area contributed by atoms with Crippen molar-refractivity contribution in [1.29, 1.82) is 0 Å². The molecule has 0 radical (unpaired) electrons. The molecule has 4 aliphatic heterocycles. The Balaban J connectivity index is 1.16. The van der Waals surface area contributed by atoms with Crippen molar-refractivity contribution in [3.8, 4) is 5.75 Å². The second kappa shape index (κ2) is 11.4. The van der Waals surface area contributed by atoms with Crippen LogP contribution in [0.2, 0.25) is 0 Å². The molecule has 0 aromatic heterocycles. The quantitative estimate of drug-likeness (QED) is 0.551. The fraction of sp³-hybridized carbons (Fsp3) is 0.655. The van der Waals surface area contributed by atoms with Crippen LogP contribution in [0, 0.1) is 5.92 Å². The number of rotatable bonds is 7.